The maximum Gasteiger partial charge on any atom is 0.311 e. The number of hydrogen-bond donors (Lipinski definition) is 1. The second-order valence-electron chi connectivity index (χ2n) is 6.95. The summed E-state index contributed by atoms with van der Waals surface area (Å²) in [5.74, 6) is -1.38. The van der Waals surface area contributed by atoms with E-state index in [9.17, 15) is 19.5 Å². The van der Waals surface area contributed by atoms with Gasteiger partial charge in [0, 0.05) is 50.8 Å². The molecule has 1 N–H and O–H groups in total. The summed E-state index contributed by atoms with van der Waals surface area (Å²) >= 11 is 0. The van der Waals surface area contributed by atoms with Crippen LogP contribution in [0.2, 0.25) is 0 Å². The van der Waals surface area contributed by atoms with Gasteiger partial charge >= 0.3 is 5.97 Å². The molecule has 25 heavy (non-hydrogen) atoms. The monoisotopic (exact) mass is 346 g/mol. The summed E-state index contributed by atoms with van der Waals surface area (Å²) in [5, 5.41) is 9.68. The van der Waals surface area contributed by atoms with Crippen molar-refractivity contribution in [2.45, 2.75) is 6.42 Å². The fourth-order valence-electron chi connectivity index (χ4n) is 3.65. The molecule has 0 bridgehead atoms. The second-order valence-corrected chi connectivity index (χ2v) is 6.95. The van der Waals surface area contributed by atoms with E-state index in [1.54, 1.807) is 43.3 Å². The quantitative estimate of drug-likeness (QED) is 0.881. The fraction of sp³-hybridized carbons (Fsp3) is 0.500. The van der Waals surface area contributed by atoms with Crippen molar-refractivity contribution >= 4 is 17.8 Å². The van der Waals surface area contributed by atoms with Gasteiger partial charge in [0.2, 0.25) is 0 Å². The molecule has 0 unspecified atom stereocenters. The third-order valence-corrected chi connectivity index (χ3v) is 5.20. The Morgan fingerprint density at radius 1 is 1.20 bits per heavy atom. The second kappa shape index (κ2) is 6.48. The molecule has 0 aromatic heterocycles. The molecule has 0 spiro atoms. The lowest BCUT2D eigenvalue weighted by Crippen LogP contribution is -2.45. The minimum atomic E-state index is -0.908. The number of hydrogen-bond acceptors (Lipinski definition) is 4. The third kappa shape index (κ3) is 3.00. The van der Waals surface area contributed by atoms with Gasteiger partial charge in [-0.05, 0) is 30.7 Å². The van der Waals surface area contributed by atoms with Crippen molar-refractivity contribution in [2.24, 2.45) is 11.3 Å². The van der Waals surface area contributed by atoms with Crippen LogP contribution in [0.4, 0.5) is 0 Å². The van der Waals surface area contributed by atoms with Crippen LogP contribution in [0.15, 0.2) is 24.3 Å². The van der Waals surface area contributed by atoms with Gasteiger partial charge in [0.1, 0.15) is 0 Å². The van der Waals surface area contributed by atoms with E-state index in [4.69, 9.17) is 4.74 Å². The van der Waals surface area contributed by atoms with E-state index in [1.807, 2.05) is 0 Å². The first kappa shape index (κ1) is 17.4. The first-order chi connectivity index (χ1) is 11.8. The standard InChI is InChI=1S/C18H22N2O5/c1-19(2)15(21)12-3-5-13(6-4-12)16(22)20-9-14-10-25-8-7-18(14,11-20)17(23)24/h3-6,14H,7-11H2,1-2H3,(H,23,24)/t14-,18+/m0/s1. The van der Waals surface area contributed by atoms with Crippen molar-refractivity contribution in [3.8, 4) is 0 Å². The number of carbonyl (C=O) groups excluding carboxylic acids is 2. The zero-order valence-corrected chi connectivity index (χ0v) is 14.4. The number of rotatable bonds is 3. The fourth-order valence-corrected chi connectivity index (χ4v) is 3.65. The molecule has 1 aromatic rings. The Labute approximate surface area is 146 Å². The number of likely N-dealkylation sites (tertiary alicyclic amines) is 1. The lowest BCUT2D eigenvalue weighted by atomic mass is 9.74. The Morgan fingerprint density at radius 2 is 1.84 bits per heavy atom. The molecule has 134 valence electrons. The molecule has 3 rings (SSSR count). The van der Waals surface area contributed by atoms with E-state index < -0.39 is 11.4 Å². The highest BCUT2D eigenvalue weighted by atomic mass is 16.5. The molecule has 2 saturated heterocycles. The summed E-state index contributed by atoms with van der Waals surface area (Å²) in [7, 11) is 3.33. The molecular formula is C18H22N2O5. The third-order valence-electron chi connectivity index (χ3n) is 5.20. The average molecular weight is 346 g/mol. The summed E-state index contributed by atoms with van der Waals surface area (Å²) < 4.78 is 5.41. The molecule has 7 heteroatoms. The molecule has 2 aliphatic heterocycles. The number of carboxylic acids is 1. The van der Waals surface area contributed by atoms with Crippen LogP contribution in [0, 0.1) is 11.3 Å². The minimum absolute atomic E-state index is 0.131. The van der Waals surface area contributed by atoms with Crippen LogP contribution < -0.4 is 0 Å². The first-order valence-corrected chi connectivity index (χ1v) is 8.27. The summed E-state index contributed by atoms with van der Waals surface area (Å²) in [6.45, 7) is 1.36. The topological polar surface area (TPSA) is 87.2 Å². The summed E-state index contributed by atoms with van der Waals surface area (Å²) in [4.78, 5) is 39.6. The molecule has 7 nitrogen and oxygen atoms in total. The van der Waals surface area contributed by atoms with Gasteiger partial charge in [-0.3, -0.25) is 14.4 Å². The number of ether oxygens (including phenoxy) is 1. The predicted molar refractivity (Wildman–Crippen MR) is 89.4 cm³/mol. The molecule has 2 fully saturated rings. The molecule has 2 heterocycles. The SMILES string of the molecule is CN(C)C(=O)c1ccc(C(=O)N2C[C@H]3COCC[C@@]3(C(=O)O)C2)cc1. The zero-order valence-electron chi connectivity index (χ0n) is 14.4. The summed E-state index contributed by atoms with van der Waals surface area (Å²) in [6, 6.07) is 6.47. The molecule has 0 saturated carbocycles. The lowest BCUT2D eigenvalue weighted by molar-refractivity contribution is -0.157. The highest BCUT2D eigenvalue weighted by molar-refractivity contribution is 5.98. The normalized spacial score (nSPS) is 25.4. The Bertz CT molecular complexity index is 700. The summed E-state index contributed by atoms with van der Waals surface area (Å²) in [6.07, 6.45) is 0.424. The van der Waals surface area contributed by atoms with Crippen molar-refractivity contribution in [2.75, 3.05) is 40.4 Å². The van der Waals surface area contributed by atoms with Crippen LogP contribution in [0.3, 0.4) is 0 Å². The van der Waals surface area contributed by atoms with Crippen LogP contribution in [0.1, 0.15) is 27.1 Å². The highest BCUT2D eigenvalue weighted by Crippen LogP contribution is 2.42. The molecule has 2 atom stereocenters. The van der Waals surface area contributed by atoms with E-state index in [0.29, 0.717) is 37.3 Å². The van der Waals surface area contributed by atoms with Gasteiger partial charge in [0.15, 0.2) is 0 Å². The van der Waals surface area contributed by atoms with Crippen molar-refractivity contribution in [3.63, 3.8) is 0 Å². The first-order valence-electron chi connectivity index (χ1n) is 8.27. The predicted octanol–water partition coefficient (Wildman–Crippen LogP) is 0.952. The van der Waals surface area contributed by atoms with Crippen LogP contribution in [-0.4, -0.2) is 73.1 Å². The molecule has 2 amide bonds. The van der Waals surface area contributed by atoms with E-state index in [1.165, 1.54) is 4.90 Å². The summed E-state index contributed by atoms with van der Waals surface area (Å²) in [5.41, 5.74) is 0.0526. The zero-order chi connectivity index (χ0) is 18.2. The van der Waals surface area contributed by atoms with Gasteiger partial charge < -0.3 is 19.6 Å². The van der Waals surface area contributed by atoms with E-state index in [-0.39, 0.29) is 24.3 Å². The van der Waals surface area contributed by atoms with Crippen molar-refractivity contribution in [1.29, 1.82) is 0 Å². The number of aliphatic carboxylic acids is 1. The van der Waals surface area contributed by atoms with Crippen LogP contribution >= 0.6 is 0 Å². The van der Waals surface area contributed by atoms with E-state index in [0.717, 1.165) is 0 Å². The van der Waals surface area contributed by atoms with Gasteiger partial charge in [-0.25, -0.2) is 0 Å². The maximum absolute atomic E-state index is 12.8. The number of amides is 2. The number of carbonyl (C=O) groups is 3. The van der Waals surface area contributed by atoms with Gasteiger partial charge in [0.05, 0.1) is 12.0 Å². The Balaban J connectivity index is 1.78. The number of benzene rings is 1. The minimum Gasteiger partial charge on any atom is -0.481 e. The average Bonchev–Trinajstić information content (AvgIpc) is 3.01. The number of carboxylic acid groups (broad SMARTS) is 1. The number of fused-ring (bicyclic) bond motifs is 1. The van der Waals surface area contributed by atoms with Gasteiger partial charge in [-0.1, -0.05) is 0 Å². The van der Waals surface area contributed by atoms with Crippen molar-refractivity contribution in [1.82, 2.24) is 9.80 Å². The van der Waals surface area contributed by atoms with Gasteiger partial charge in [0.25, 0.3) is 11.8 Å². The molecular weight excluding hydrogens is 324 g/mol. The molecule has 0 radical (unpaired) electrons. The Hall–Kier alpha value is -2.41. The number of nitrogens with zero attached hydrogens (tertiary/aromatic N) is 2. The Morgan fingerprint density at radius 3 is 2.40 bits per heavy atom. The van der Waals surface area contributed by atoms with Gasteiger partial charge in [-0.2, -0.15) is 0 Å². The Kier molecular flexibility index (Phi) is 4.51. The van der Waals surface area contributed by atoms with Crippen LogP contribution in [-0.2, 0) is 9.53 Å². The molecule has 0 aliphatic carbocycles. The molecule has 1 aromatic carbocycles. The van der Waals surface area contributed by atoms with Crippen molar-refractivity contribution in [3.05, 3.63) is 35.4 Å². The molecule has 2 aliphatic rings. The maximum atomic E-state index is 12.8. The van der Waals surface area contributed by atoms with Crippen LogP contribution in [0.25, 0.3) is 0 Å². The smallest absolute Gasteiger partial charge is 0.311 e. The van der Waals surface area contributed by atoms with E-state index in [2.05, 4.69) is 0 Å². The largest absolute Gasteiger partial charge is 0.481 e. The highest BCUT2D eigenvalue weighted by Gasteiger charge is 2.54. The van der Waals surface area contributed by atoms with Crippen molar-refractivity contribution < 1.29 is 24.2 Å². The lowest BCUT2D eigenvalue weighted by Gasteiger charge is -2.33. The van der Waals surface area contributed by atoms with Crippen LogP contribution in [0.5, 0.6) is 0 Å². The van der Waals surface area contributed by atoms with E-state index >= 15 is 0 Å². The van der Waals surface area contributed by atoms with Gasteiger partial charge in [-0.15, -0.1) is 0 Å².